The second-order valence-electron chi connectivity index (χ2n) is 13.7. The highest BCUT2D eigenvalue weighted by atomic mass is 15.1. The summed E-state index contributed by atoms with van der Waals surface area (Å²) in [5.41, 5.74) is 13.0. The molecule has 1 nitrogen and oxygen atoms in total. The molecule has 0 spiro atoms. The Morgan fingerprint density at radius 3 is 1.08 bits per heavy atom. The molecule has 0 unspecified atom stereocenters. The van der Waals surface area contributed by atoms with Gasteiger partial charge in [-0.05, 0) is 102 Å². The summed E-state index contributed by atoms with van der Waals surface area (Å²) in [5, 5.41) is 5.30. The van der Waals surface area contributed by atoms with Gasteiger partial charge in [0.25, 0.3) is 0 Å². The Kier molecular flexibility index (Phi) is 7.11. The molecule has 0 N–H and O–H groups in total. The first-order valence-electron chi connectivity index (χ1n) is 18.0. The third-order valence-electron chi connectivity index (χ3n) is 10.9. The van der Waals surface area contributed by atoms with E-state index in [9.17, 15) is 0 Å². The van der Waals surface area contributed by atoms with Crippen molar-refractivity contribution in [2.45, 2.75) is 5.41 Å². The predicted molar refractivity (Wildman–Crippen MR) is 219 cm³/mol. The molecule has 1 aliphatic carbocycles. The van der Waals surface area contributed by atoms with Gasteiger partial charge in [-0.3, -0.25) is 0 Å². The summed E-state index contributed by atoms with van der Waals surface area (Å²) >= 11 is 0. The van der Waals surface area contributed by atoms with Crippen molar-refractivity contribution in [2.24, 2.45) is 0 Å². The van der Waals surface area contributed by atoms with E-state index < -0.39 is 5.41 Å². The maximum atomic E-state index is 2.37. The number of anilines is 3. The highest BCUT2D eigenvalue weighted by Gasteiger charge is 2.44. The summed E-state index contributed by atoms with van der Waals surface area (Å²) in [6.45, 7) is 0. The molecule has 0 radical (unpaired) electrons. The van der Waals surface area contributed by atoms with Crippen molar-refractivity contribution in [3.05, 3.63) is 235 Å². The van der Waals surface area contributed by atoms with Crippen molar-refractivity contribution in [3.8, 4) is 22.3 Å². The molecule has 0 saturated carbocycles. The van der Waals surface area contributed by atoms with Gasteiger partial charge in [0.15, 0.2) is 0 Å². The van der Waals surface area contributed by atoms with Gasteiger partial charge in [0.05, 0.1) is 5.41 Å². The summed E-state index contributed by atoms with van der Waals surface area (Å²) in [4.78, 5) is 2.37. The lowest BCUT2D eigenvalue weighted by Crippen LogP contribution is -2.28. The molecule has 10 rings (SSSR count). The highest BCUT2D eigenvalue weighted by molar-refractivity contribution is 6.16. The Labute approximate surface area is 304 Å². The predicted octanol–water partition coefficient (Wildman–Crippen LogP) is 13.5. The first kappa shape index (κ1) is 30.2. The first-order chi connectivity index (χ1) is 25.8. The van der Waals surface area contributed by atoms with Crippen LogP contribution in [0.25, 0.3) is 43.8 Å². The van der Waals surface area contributed by atoms with E-state index in [4.69, 9.17) is 0 Å². The monoisotopic (exact) mass is 661 g/mol. The molecule has 0 aromatic heterocycles. The van der Waals surface area contributed by atoms with Crippen molar-refractivity contribution < 1.29 is 0 Å². The number of hydrogen-bond acceptors (Lipinski definition) is 1. The molecule has 244 valence electrons. The lowest BCUT2D eigenvalue weighted by molar-refractivity contribution is 0.771. The summed E-state index contributed by atoms with van der Waals surface area (Å²) in [5.74, 6) is 0. The van der Waals surface area contributed by atoms with E-state index in [1.54, 1.807) is 0 Å². The molecule has 0 atom stereocenters. The van der Waals surface area contributed by atoms with Gasteiger partial charge in [-0.1, -0.05) is 176 Å². The first-order valence-corrected chi connectivity index (χ1v) is 18.0. The summed E-state index contributed by atoms with van der Waals surface area (Å²) < 4.78 is 0. The van der Waals surface area contributed by atoms with Crippen LogP contribution in [0, 0.1) is 0 Å². The lowest BCUT2D eigenvalue weighted by Gasteiger charge is -2.35. The summed E-state index contributed by atoms with van der Waals surface area (Å²) in [6, 6.07) is 77.6. The molecule has 9 aromatic rings. The maximum Gasteiger partial charge on any atom is 0.0714 e. The largest absolute Gasteiger partial charge is 0.311 e. The van der Waals surface area contributed by atoms with E-state index in [2.05, 4.69) is 217 Å². The molecular weight excluding hydrogens is 627 g/mol. The fourth-order valence-electron chi connectivity index (χ4n) is 8.58. The third kappa shape index (κ3) is 4.71. The molecule has 52 heavy (non-hydrogen) atoms. The standard InChI is InChI=1S/C51H35N/c1-4-12-36(13-5-1)38-24-30-44(31-25-38)52(45-32-26-39(27-33-45)37-14-6-2-7-15-37)46-34-28-43(29-35-46)51(42-18-8-3-9-19-42)47-20-10-16-40-22-23-41-17-11-21-48(51)50(41)49(40)47/h1-35H. The van der Waals surface area contributed by atoms with Gasteiger partial charge in [-0.25, -0.2) is 0 Å². The molecular formula is C51H35N. The fraction of sp³-hybridized carbons (Fsp3) is 0.0196. The summed E-state index contributed by atoms with van der Waals surface area (Å²) in [6.07, 6.45) is 0. The molecule has 0 heterocycles. The average Bonchev–Trinajstić information content (AvgIpc) is 3.54. The van der Waals surface area contributed by atoms with Crippen molar-refractivity contribution in [1.29, 1.82) is 0 Å². The zero-order valence-electron chi connectivity index (χ0n) is 28.7. The van der Waals surface area contributed by atoms with Gasteiger partial charge in [0.2, 0.25) is 0 Å². The van der Waals surface area contributed by atoms with E-state index in [1.165, 1.54) is 66.1 Å². The van der Waals surface area contributed by atoms with Crippen LogP contribution in [0.2, 0.25) is 0 Å². The minimum absolute atomic E-state index is 0.442. The Morgan fingerprint density at radius 2 is 0.635 bits per heavy atom. The number of rotatable bonds is 7. The van der Waals surface area contributed by atoms with Crippen LogP contribution in [0.5, 0.6) is 0 Å². The van der Waals surface area contributed by atoms with Gasteiger partial charge in [-0.15, -0.1) is 0 Å². The number of hydrogen-bond donors (Lipinski definition) is 0. The fourth-order valence-corrected chi connectivity index (χ4v) is 8.58. The normalized spacial score (nSPS) is 12.8. The Balaban J connectivity index is 1.13. The quantitative estimate of drug-likeness (QED) is 0.154. The van der Waals surface area contributed by atoms with Gasteiger partial charge in [0.1, 0.15) is 0 Å². The van der Waals surface area contributed by atoms with Crippen LogP contribution in [0.4, 0.5) is 17.1 Å². The molecule has 1 heteroatoms. The van der Waals surface area contributed by atoms with Crippen molar-refractivity contribution in [2.75, 3.05) is 4.90 Å². The molecule has 0 bridgehead atoms. The van der Waals surface area contributed by atoms with Crippen LogP contribution in [0.1, 0.15) is 22.3 Å². The molecule has 9 aromatic carbocycles. The topological polar surface area (TPSA) is 3.24 Å². The number of benzene rings is 9. The number of nitrogens with zero attached hydrogens (tertiary/aromatic N) is 1. The highest BCUT2D eigenvalue weighted by Crippen LogP contribution is 2.56. The Morgan fingerprint density at radius 1 is 0.269 bits per heavy atom. The second-order valence-corrected chi connectivity index (χ2v) is 13.7. The second kappa shape index (κ2) is 12.3. The van der Waals surface area contributed by atoms with Gasteiger partial charge < -0.3 is 4.90 Å². The molecule has 0 aliphatic heterocycles. The van der Waals surface area contributed by atoms with Crippen molar-refractivity contribution >= 4 is 38.6 Å². The zero-order chi connectivity index (χ0) is 34.5. The Bertz CT molecular complexity index is 2530. The molecule has 0 fully saturated rings. The zero-order valence-corrected chi connectivity index (χ0v) is 28.7. The van der Waals surface area contributed by atoms with E-state index in [1.807, 2.05) is 0 Å². The average molecular weight is 662 g/mol. The van der Waals surface area contributed by atoms with E-state index >= 15 is 0 Å². The minimum Gasteiger partial charge on any atom is -0.311 e. The third-order valence-corrected chi connectivity index (χ3v) is 10.9. The van der Waals surface area contributed by atoms with E-state index in [-0.39, 0.29) is 0 Å². The SMILES string of the molecule is c1ccc(-c2ccc(N(c3ccc(-c4ccccc4)cc3)c3ccc(C4(c5ccccc5)c5cccc6ccc7cccc4c7c56)cc3)cc2)cc1. The van der Waals surface area contributed by atoms with Crippen molar-refractivity contribution in [3.63, 3.8) is 0 Å². The minimum atomic E-state index is -0.442. The lowest BCUT2D eigenvalue weighted by atomic mass is 9.67. The van der Waals surface area contributed by atoms with Gasteiger partial charge in [0, 0.05) is 17.1 Å². The smallest absolute Gasteiger partial charge is 0.0714 e. The van der Waals surface area contributed by atoms with E-state index in [0.29, 0.717) is 0 Å². The molecule has 0 saturated heterocycles. The van der Waals surface area contributed by atoms with Crippen LogP contribution in [0.15, 0.2) is 212 Å². The van der Waals surface area contributed by atoms with Crippen LogP contribution in [-0.4, -0.2) is 0 Å². The van der Waals surface area contributed by atoms with E-state index in [0.717, 1.165) is 17.1 Å². The molecule has 1 aliphatic rings. The van der Waals surface area contributed by atoms with Crippen LogP contribution in [-0.2, 0) is 5.41 Å². The van der Waals surface area contributed by atoms with Crippen LogP contribution >= 0.6 is 0 Å². The maximum absolute atomic E-state index is 2.37. The van der Waals surface area contributed by atoms with Crippen LogP contribution in [0.3, 0.4) is 0 Å². The Hall–Kier alpha value is -6.70. The molecule has 0 amide bonds. The van der Waals surface area contributed by atoms with Crippen LogP contribution < -0.4 is 4.90 Å². The van der Waals surface area contributed by atoms with Crippen molar-refractivity contribution in [1.82, 2.24) is 0 Å². The summed E-state index contributed by atoms with van der Waals surface area (Å²) in [7, 11) is 0. The van der Waals surface area contributed by atoms with Gasteiger partial charge >= 0.3 is 0 Å². The van der Waals surface area contributed by atoms with Gasteiger partial charge in [-0.2, -0.15) is 0 Å².